The fourth-order valence-corrected chi connectivity index (χ4v) is 15.0. The normalized spacial score (nSPS) is 24.3. The number of unbranched alkanes of at least 4 members (excludes halogenated alkanes) is 3. The number of aromatic nitrogens is 2. The summed E-state index contributed by atoms with van der Waals surface area (Å²) >= 11 is 11.8. The van der Waals surface area contributed by atoms with Gasteiger partial charge in [0.25, 0.3) is 22.9 Å². The lowest BCUT2D eigenvalue weighted by Crippen LogP contribution is -2.40. The van der Waals surface area contributed by atoms with Crippen molar-refractivity contribution in [1.82, 2.24) is 18.9 Å². The Morgan fingerprint density at radius 3 is 2.16 bits per heavy atom. The molecule has 3 aromatic rings. The Hall–Kier alpha value is -4.14. The number of aliphatic carboxylic acids is 2. The van der Waals surface area contributed by atoms with Gasteiger partial charge in [-0.2, -0.15) is 0 Å². The first-order chi connectivity index (χ1) is 29.8. The molecule has 326 valence electrons. The van der Waals surface area contributed by atoms with E-state index in [0.717, 1.165) is 112 Å². The van der Waals surface area contributed by atoms with Gasteiger partial charge in [0, 0.05) is 37.0 Å². The highest BCUT2D eigenvalue weighted by Crippen LogP contribution is 2.63. The molecule has 1 spiro atoms. The summed E-state index contributed by atoms with van der Waals surface area (Å²) in [5.41, 5.74) is 2.93. The van der Waals surface area contributed by atoms with Crippen LogP contribution in [-0.2, 0) is 38.7 Å². The molecule has 0 bridgehead atoms. The predicted molar refractivity (Wildman–Crippen MR) is 254 cm³/mol. The van der Waals surface area contributed by atoms with Crippen molar-refractivity contribution in [3.05, 3.63) is 92.2 Å². The molecule has 2 amide bonds. The lowest BCUT2D eigenvalue weighted by molar-refractivity contribution is -0.138. The Kier molecular flexibility index (Phi) is 13.0. The minimum absolute atomic E-state index is 0.0358. The number of aryl methyl sites for hydroxylation is 1. The van der Waals surface area contributed by atoms with Crippen LogP contribution in [0.5, 0.6) is 0 Å². The zero-order valence-electron chi connectivity index (χ0n) is 34.3. The lowest BCUT2D eigenvalue weighted by Gasteiger charge is -2.36. The number of thioether (sulfide) groups is 3. The second-order valence-corrected chi connectivity index (χ2v) is 22.0. The quantitative estimate of drug-likeness (QED) is 0.146. The van der Waals surface area contributed by atoms with E-state index in [9.17, 15) is 39.0 Å². The molecule has 8 rings (SSSR count). The van der Waals surface area contributed by atoms with E-state index in [2.05, 4.69) is 36.1 Å². The number of carbonyl (C=O) groups excluding carboxylic acids is 2. The molecule has 0 saturated carbocycles. The van der Waals surface area contributed by atoms with Crippen LogP contribution in [-0.4, -0.2) is 92.9 Å². The molecule has 0 radical (unpaired) electrons. The molecule has 4 aliphatic heterocycles. The van der Waals surface area contributed by atoms with Crippen molar-refractivity contribution in [3.63, 3.8) is 0 Å². The van der Waals surface area contributed by atoms with Crippen LogP contribution in [0.3, 0.4) is 0 Å². The van der Waals surface area contributed by atoms with Crippen LogP contribution in [0, 0.1) is 5.92 Å². The number of rotatable bonds is 13. The predicted octanol–water partition coefficient (Wildman–Crippen LogP) is 3.52. The number of thiocarbonyl (C=S) groups is 1. The van der Waals surface area contributed by atoms with Gasteiger partial charge in [-0.3, -0.25) is 42.8 Å². The minimum atomic E-state index is -1.19. The van der Waals surface area contributed by atoms with E-state index in [1.54, 1.807) is 28.8 Å². The van der Waals surface area contributed by atoms with Gasteiger partial charge in [0.15, 0.2) is 0 Å². The Morgan fingerprint density at radius 1 is 0.887 bits per heavy atom. The topological polar surface area (TPSA) is 162 Å². The summed E-state index contributed by atoms with van der Waals surface area (Å²) in [5.74, 6) is -2.00. The highest BCUT2D eigenvalue weighted by molar-refractivity contribution is 8.30. The third-order valence-electron chi connectivity index (χ3n) is 11.5. The van der Waals surface area contributed by atoms with Crippen molar-refractivity contribution in [2.75, 3.05) is 30.3 Å². The molecule has 1 aliphatic carbocycles. The molecule has 3 saturated heterocycles. The maximum Gasteiger partial charge on any atom is 0.323 e. The second kappa shape index (κ2) is 18.2. The van der Waals surface area contributed by atoms with Crippen LogP contribution in [0.25, 0.3) is 22.0 Å². The highest BCUT2D eigenvalue weighted by Gasteiger charge is 2.59. The summed E-state index contributed by atoms with van der Waals surface area (Å²) in [4.78, 5) is 84.6. The molecule has 19 heteroatoms. The molecule has 1 aromatic carbocycles. The van der Waals surface area contributed by atoms with Crippen LogP contribution in [0.1, 0.15) is 64.0 Å². The number of benzene rings is 1. The molecular formula is C43H45N5O8S6. The fourth-order valence-electron chi connectivity index (χ4n) is 8.44. The van der Waals surface area contributed by atoms with Crippen molar-refractivity contribution >= 4 is 126 Å². The number of hydrogen-bond donors (Lipinski definition) is 2. The number of carboxylic acids is 2. The van der Waals surface area contributed by atoms with Gasteiger partial charge in [-0.05, 0) is 74.1 Å². The number of nitrogens with zero attached hydrogens (tertiary/aromatic N) is 5. The molecule has 3 fully saturated rings. The first-order valence-electron chi connectivity index (χ1n) is 20.6. The first kappa shape index (κ1) is 44.5. The smallest absolute Gasteiger partial charge is 0.323 e. The van der Waals surface area contributed by atoms with Crippen molar-refractivity contribution in [2.45, 2.75) is 82.6 Å². The second-order valence-electron chi connectivity index (χ2n) is 15.5. The summed E-state index contributed by atoms with van der Waals surface area (Å²) in [7, 11) is 0. The lowest BCUT2D eigenvalue weighted by atomic mass is 9.87. The summed E-state index contributed by atoms with van der Waals surface area (Å²) in [5, 5.41) is 19.5. The van der Waals surface area contributed by atoms with Gasteiger partial charge in [-0.1, -0.05) is 86.2 Å². The number of carboxylic acid groups (broad SMARTS) is 2. The van der Waals surface area contributed by atoms with E-state index in [1.807, 2.05) is 26.0 Å². The van der Waals surface area contributed by atoms with Gasteiger partial charge in [-0.15, -0.1) is 34.4 Å². The fraction of sp³-hybridized carbons (Fsp3) is 0.419. The largest absolute Gasteiger partial charge is 0.480 e. The molecule has 6 heterocycles. The van der Waals surface area contributed by atoms with Gasteiger partial charge in [-0.25, -0.2) is 0 Å². The number of allylic oxidation sites excluding steroid dienone is 2. The van der Waals surface area contributed by atoms with Gasteiger partial charge in [0.2, 0.25) is 0 Å². The van der Waals surface area contributed by atoms with E-state index in [4.69, 9.17) is 12.2 Å². The van der Waals surface area contributed by atoms with Crippen molar-refractivity contribution in [3.8, 4) is 0 Å². The number of hydrogen-bond acceptors (Lipinski definition) is 13. The summed E-state index contributed by atoms with van der Waals surface area (Å²) < 4.78 is 3.71. The Bertz CT molecular complexity index is 2850. The molecule has 3 atom stereocenters. The zero-order chi connectivity index (χ0) is 44.0. The number of anilines is 1. The third-order valence-corrected chi connectivity index (χ3v) is 18.5. The van der Waals surface area contributed by atoms with Gasteiger partial charge in [0.1, 0.15) is 40.7 Å². The van der Waals surface area contributed by atoms with E-state index in [1.165, 1.54) is 21.2 Å². The number of carbonyl (C=O) groups is 4. The number of amides is 2. The maximum atomic E-state index is 13.9. The molecular weight excluding hydrogens is 907 g/mol. The third kappa shape index (κ3) is 8.47. The number of thiazole rings is 2. The van der Waals surface area contributed by atoms with E-state index < -0.39 is 36.1 Å². The highest BCUT2D eigenvalue weighted by atomic mass is 32.2. The summed E-state index contributed by atoms with van der Waals surface area (Å²) in [6, 6.07) is 6.24. The number of fused-ring (bicyclic) bond motifs is 2. The average molecular weight is 952 g/mol. The average Bonchev–Trinajstić information content (AvgIpc) is 3.70. The standard InChI is InChI=1S/C43H45N5O8S6/c1-4-7-8-9-16-45-28-14-10-24(19-30-36(53)46(21-32(49)50)40(59-30)34-38(55)44(5-2)42(57)61-34)17-26(28)12-13-27-18-25(11-15-29(27)45)20-31-37(54)47(22-33(51)52)41(60-31)35-39(56)48(6-3)43(62-35)23-58-43/h10-11,14-15,17-20,26,28H,4-9,12-13,16,21-23H2,1-3H3,(H,49,50)(H,51,52)/b30-19+,31-20+,40-34+,41-35+. The van der Waals surface area contributed by atoms with E-state index in [-0.39, 0.29) is 37.5 Å². The van der Waals surface area contributed by atoms with Gasteiger partial charge < -0.3 is 20.0 Å². The molecule has 62 heavy (non-hydrogen) atoms. The van der Waals surface area contributed by atoms with Crippen LogP contribution >= 0.6 is 70.2 Å². The van der Waals surface area contributed by atoms with Gasteiger partial charge >= 0.3 is 11.9 Å². The van der Waals surface area contributed by atoms with Crippen LogP contribution in [0.4, 0.5) is 5.69 Å². The molecule has 3 unspecified atom stereocenters. The Morgan fingerprint density at radius 2 is 1.56 bits per heavy atom. The van der Waals surface area contributed by atoms with E-state index >= 15 is 0 Å². The van der Waals surface area contributed by atoms with Crippen molar-refractivity contribution < 1.29 is 29.4 Å². The van der Waals surface area contributed by atoms with Crippen LogP contribution in [0.2, 0.25) is 0 Å². The van der Waals surface area contributed by atoms with Crippen molar-refractivity contribution in [2.24, 2.45) is 5.92 Å². The van der Waals surface area contributed by atoms with Crippen LogP contribution in [0.15, 0.2) is 51.6 Å². The van der Waals surface area contributed by atoms with Crippen molar-refractivity contribution in [1.29, 1.82) is 0 Å². The SMILES string of the molecule is CCCCCCN1c2ccc(/C=c3/s/c(=C4/SC5(CS5)N(CC)C4=O)n(CC(=O)O)c3=O)cc2CCC2C=C(/C=c3/s/c(=C4/SC(=S)N(CC)C4=O)n(CC(=O)O)c3=O)C=CC21. The first-order valence-corrected chi connectivity index (χ1v) is 25.3. The van der Waals surface area contributed by atoms with Gasteiger partial charge in [0.05, 0.1) is 15.1 Å². The summed E-state index contributed by atoms with van der Waals surface area (Å²) in [6.45, 7) is 6.51. The molecule has 5 aliphatic rings. The molecule has 2 aromatic heterocycles. The molecule has 13 nitrogen and oxygen atoms in total. The summed E-state index contributed by atoms with van der Waals surface area (Å²) in [6.07, 6.45) is 15.8. The maximum absolute atomic E-state index is 13.9. The molecule has 2 N–H and O–H groups in total. The van der Waals surface area contributed by atoms with E-state index in [0.29, 0.717) is 36.0 Å². The van der Waals surface area contributed by atoms with Crippen LogP contribution < -0.4 is 34.4 Å². The Balaban J connectivity index is 1.15. The Labute approximate surface area is 382 Å². The zero-order valence-corrected chi connectivity index (χ0v) is 39.2. The minimum Gasteiger partial charge on any atom is -0.480 e. The monoisotopic (exact) mass is 951 g/mol.